The van der Waals surface area contributed by atoms with Crippen LogP contribution in [0.1, 0.15) is 22.7 Å². The maximum Gasteiger partial charge on any atom is 0.576 e. The summed E-state index contributed by atoms with van der Waals surface area (Å²) < 4.78 is 47.8. The first-order valence-electron chi connectivity index (χ1n) is 10.7. The molecule has 9 heteroatoms. The molecular formula is C25H24F3N2O4+. The second-order valence-electron chi connectivity index (χ2n) is 8.13. The number of hydrogen-bond donors (Lipinski definition) is 3. The zero-order valence-corrected chi connectivity index (χ0v) is 18.1. The van der Waals surface area contributed by atoms with Gasteiger partial charge in [0.25, 0.3) is 0 Å². The number of hydrogen-bond acceptors (Lipinski definition) is 5. The molecule has 0 radical (unpaired) electrons. The van der Waals surface area contributed by atoms with E-state index in [1.165, 1.54) is 36.4 Å². The third-order valence-corrected chi connectivity index (χ3v) is 6.00. The minimum atomic E-state index is -5.03. The summed E-state index contributed by atoms with van der Waals surface area (Å²) in [5.41, 5.74) is 1.26. The van der Waals surface area contributed by atoms with E-state index < -0.39 is 35.2 Å². The van der Waals surface area contributed by atoms with Crippen molar-refractivity contribution in [2.45, 2.75) is 25.4 Å². The minimum Gasteiger partial charge on any atom is -0.504 e. The van der Waals surface area contributed by atoms with Gasteiger partial charge in [-0.15, -0.1) is 13.2 Å². The normalized spacial score (nSPS) is 17.4. The van der Waals surface area contributed by atoms with Gasteiger partial charge in [0.05, 0.1) is 6.04 Å². The summed E-state index contributed by atoms with van der Waals surface area (Å²) in [4.78, 5) is 13.3. The molecule has 2 atom stereocenters. The summed E-state index contributed by atoms with van der Waals surface area (Å²) in [6, 6.07) is 17.1. The number of halogens is 3. The fraction of sp³-hybridized carbons (Fsp3) is 0.240. The van der Waals surface area contributed by atoms with Crippen LogP contribution in [0.2, 0.25) is 0 Å². The van der Waals surface area contributed by atoms with Crippen LogP contribution in [-0.4, -0.2) is 35.7 Å². The van der Waals surface area contributed by atoms with Crippen molar-refractivity contribution in [3.05, 3.63) is 89.5 Å². The van der Waals surface area contributed by atoms with Crippen LogP contribution < -0.4 is 9.80 Å². The Hall–Kier alpha value is -3.56. The Kier molecular flexibility index (Phi) is 6.49. The van der Waals surface area contributed by atoms with Crippen molar-refractivity contribution in [3.63, 3.8) is 0 Å². The highest BCUT2D eigenvalue weighted by molar-refractivity contribution is 5.83. The summed E-state index contributed by atoms with van der Waals surface area (Å²) in [6.07, 6.45) is -6.04. The molecule has 0 spiro atoms. The van der Waals surface area contributed by atoms with E-state index in [9.17, 15) is 28.2 Å². The number of phenolic OH excluding ortho intramolecular Hbond substituents is 2. The van der Waals surface area contributed by atoms with Crippen molar-refractivity contribution >= 4 is 11.8 Å². The molecule has 0 bridgehead atoms. The van der Waals surface area contributed by atoms with Gasteiger partial charge in [-0.05, 0) is 41.8 Å². The molecule has 1 aliphatic heterocycles. The number of aromatic hydroxyl groups is 2. The van der Waals surface area contributed by atoms with Gasteiger partial charge in [0.1, 0.15) is 13.2 Å². The Labute approximate surface area is 194 Å². The van der Waals surface area contributed by atoms with Crippen molar-refractivity contribution in [2.24, 2.45) is 0 Å². The lowest BCUT2D eigenvalue weighted by molar-refractivity contribution is -0.226. The monoisotopic (exact) mass is 473 g/mol. The van der Waals surface area contributed by atoms with Crippen molar-refractivity contribution < 1.29 is 32.9 Å². The Morgan fingerprint density at radius 1 is 1.00 bits per heavy atom. The lowest BCUT2D eigenvalue weighted by Gasteiger charge is -2.38. The van der Waals surface area contributed by atoms with E-state index >= 15 is 0 Å². The Bertz CT molecular complexity index is 1160. The maximum atomic E-state index is 14.9. The molecule has 0 saturated carbocycles. The number of nitrogens with one attached hydrogen (secondary N) is 1. The first-order valence-corrected chi connectivity index (χ1v) is 10.7. The van der Waals surface area contributed by atoms with Gasteiger partial charge in [0, 0.05) is 12.1 Å². The van der Waals surface area contributed by atoms with Gasteiger partial charge >= 0.3 is 12.4 Å². The van der Waals surface area contributed by atoms with Crippen LogP contribution in [0.4, 0.5) is 23.7 Å². The van der Waals surface area contributed by atoms with Gasteiger partial charge in [0.15, 0.2) is 17.2 Å². The highest BCUT2D eigenvalue weighted by Gasteiger charge is 2.65. The summed E-state index contributed by atoms with van der Waals surface area (Å²) in [7, 11) is 0. The number of ether oxygens (including phenoxy) is 1. The molecule has 3 N–H and O–H groups in total. The van der Waals surface area contributed by atoms with Crippen LogP contribution >= 0.6 is 0 Å². The second kappa shape index (κ2) is 9.36. The van der Waals surface area contributed by atoms with Crippen LogP contribution in [0.25, 0.3) is 0 Å². The molecule has 1 amide bonds. The number of fused-ring (bicyclic) bond motifs is 1. The number of alkyl halides is 3. The first kappa shape index (κ1) is 23.6. The number of carbonyl (C=O) groups is 1. The summed E-state index contributed by atoms with van der Waals surface area (Å²) in [5.74, 6) is -0.787. The topological polar surface area (TPSA) is 78.8 Å². The molecule has 4 rings (SSSR count). The highest BCUT2D eigenvalue weighted by atomic mass is 19.4. The molecule has 0 aliphatic carbocycles. The smallest absolute Gasteiger partial charge is 0.504 e. The molecule has 0 aromatic heterocycles. The molecule has 6 nitrogen and oxygen atoms in total. The van der Waals surface area contributed by atoms with Gasteiger partial charge in [-0.1, -0.05) is 53.0 Å². The largest absolute Gasteiger partial charge is 0.576 e. The van der Waals surface area contributed by atoms with E-state index in [1.54, 1.807) is 36.4 Å². The van der Waals surface area contributed by atoms with Crippen LogP contribution in [-0.2, 0) is 17.8 Å². The number of phenols is 2. The highest BCUT2D eigenvalue weighted by Crippen LogP contribution is 2.42. The molecule has 34 heavy (non-hydrogen) atoms. The number of nitrogens with zero attached hydrogens (tertiary/aromatic N) is 1. The third kappa shape index (κ3) is 4.44. The Morgan fingerprint density at radius 3 is 2.26 bits per heavy atom. The van der Waals surface area contributed by atoms with E-state index in [1.807, 2.05) is 0 Å². The van der Waals surface area contributed by atoms with Gasteiger partial charge in [-0.25, -0.2) is 0 Å². The van der Waals surface area contributed by atoms with Crippen LogP contribution in [0.3, 0.4) is 0 Å². The lowest BCUT2D eigenvalue weighted by atomic mass is 9.92. The zero-order valence-electron chi connectivity index (χ0n) is 18.1. The number of quaternary nitrogens is 1. The predicted octanol–water partition coefficient (Wildman–Crippen LogP) is 5.15. The number of rotatable bonds is 5. The minimum absolute atomic E-state index is 0.287. The summed E-state index contributed by atoms with van der Waals surface area (Å²) >= 11 is 0. The predicted molar refractivity (Wildman–Crippen MR) is 120 cm³/mol. The number of para-hydroxylation sites is 1. The Morgan fingerprint density at radius 2 is 1.62 bits per heavy atom. The molecule has 178 valence electrons. The second-order valence-corrected chi connectivity index (χ2v) is 8.13. The molecule has 3 aromatic rings. The standard InChI is InChI=1S/C25H23F3N2O4/c26-25(27,28)30(19-9-5-2-6-10-19,24(33)34-16-17-7-3-1-4-8-17)15-21-20-14-23(32)22(31)13-18(20)11-12-29-21/h1-10,13-14,21,29H,11-12,15-16H2,(H-,31,32)/p+1. The van der Waals surface area contributed by atoms with E-state index in [0.29, 0.717) is 29.7 Å². The van der Waals surface area contributed by atoms with Crippen LogP contribution in [0.15, 0.2) is 72.8 Å². The molecule has 2 unspecified atom stereocenters. The van der Waals surface area contributed by atoms with Crippen molar-refractivity contribution in [1.29, 1.82) is 0 Å². The molecular weight excluding hydrogens is 449 g/mol. The maximum absolute atomic E-state index is 14.9. The fourth-order valence-corrected chi connectivity index (χ4v) is 4.26. The van der Waals surface area contributed by atoms with Gasteiger partial charge < -0.3 is 20.3 Å². The quantitative estimate of drug-likeness (QED) is 0.271. The van der Waals surface area contributed by atoms with E-state index in [0.717, 1.165) is 0 Å². The average molecular weight is 473 g/mol. The summed E-state index contributed by atoms with van der Waals surface area (Å²) in [5, 5.41) is 22.9. The fourth-order valence-electron chi connectivity index (χ4n) is 4.26. The molecule has 1 aliphatic rings. The molecule has 0 saturated heterocycles. The van der Waals surface area contributed by atoms with Crippen LogP contribution in [0, 0.1) is 0 Å². The van der Waals surface area contributed by atoms with Gasteiger partial charge in [0.2, 0.25) is 0 Å². The lowest BCUT2D eigenvalue weighted by Crippen LogP contribution is -2.66. The van der Waals surface area contributed by atoms with Crippen molar-refractivity contribution in [1.82, 2.24) is 9.80 Å². The SMILES string of the molecule is O=C(OCc1ccccc1)[N+](CC1NCCc2cc(O)c(O)cc21)(c1ccccc1)C(F)(F)F. The van der Waals surface area contributed by atoms with E-state index in [2.05, 4.69) is 5.32 Å². The van der Waals surface area contributed by atoms with Crippen molar-refractivity contribution in [2.75, 3.05) is 13.1 Å². The molecule has 3 aromatic carbocycles. The molecule has 0 fully saturated rings. The average Bonchev–Trinajstić information content (AvgIpc) is 2.82. The van der Waals surface area contributed by atoms with Gasteiger partial charge in [-0.3, -0.25) is 0 Å². The van der Waals surface area contributed by atoms with Gasteiger partial charge in [-0.2, -0.15) is 4.79 Å². The first-order chi connectivity index (χ1) is 16.2. The van der Waals surface area contributed by atoms with Crippen LogP contribution in [0.5, 0.6) is 11.5 Å². The number of benzene rings is 3. The van der Waals surface area contributed by atoms with E-state index in [-0.39, 0.29) is 18.0 Å². The third-order valence-electron chi connectivity index (χ3n) is 6.00. The zero-order chi connectivity index (χ0) is 24.3. The number of carbonyl (C=O) groups excluding carboxylic acids is 1. The summed E-state index contributed by atoms with van der Waals surface area (Å²) in [6.45, 7) is -0.710. The van der Waals surface area contributed by atoms with E-state index in [4.69, 9.17) is 4.74 Å². The molecule has 1 heterocycles. The number of amides is 1. The van der Waals surface area contributed by atoms with Crippen molar-refractivity contribution in [3.8, 4) is 11.5 Å². The Balaban J connectivity index is 1.77.